The first-order valence-corrected chi connectivity index (χ1v) is 5.57. The van der Waals surface area contributed by atoms with Crippen LogP contribution in [0.5, 0.6) is 0 Å². The molecule has 0 fully saturated rings. The van der Waals surface area contributed by atoms with E-state index >= 15 is 0 Å². The standard InChI is InChI=1S/C12H13F2N3O/c1-7(2)15-6-11-16-12(18-17-11)9-4-3-8(13)5-10(9)14/h3-5,7,15H,6H2,1-2H3. The summed E-state index contributed by atoms with van der Waals surface area (Å²) in [5, 5.41) is 6.83. The second kappa shape index (κ2) is 5.22. The van der Waals surface area contributed by atoms with Gasteiger partial charge in [-0.2, -0.15) is 4.98 Å². The van der Waals surface area contributed by atoms with Gasteiger partial charge in [0.1, 0.15) is 11.6 Å². The number of aromatic nitrogens is 2. The molecule has 1 aromatic heterocycles. The fourth-order valence-corrected chi connectivity index (χ4v) is 1.39. The van der Waals surface area contributed by atoms with Crippen molar-refractivity contribution in [1.29, 1.82) is 0 Å². The predicted molar refractivity (Wildman–Crippen MR) is 61.6 cm³/mol. The Kier molecular flexibility index (Phi) is 3.66. The minimum absolute atomic E-state index is 0.0491. The highest BCUT2D eigenvalue weighted by molar-refractivity contribution is 5.53. The van der Waals surface area contributed by atoms with Gasteiger partial charge in [-0.25, -0.2) is 8.78 Å². The van der Waals surface area contributed by atoms with E-state index in [-0.39, 0.29) is 17.5 Å². The summed E-state index contributed by atoms with van der Waals surface area (Å²) in [5.41, 5.74) is 0.0969. The average molecular weight is 253 g/mol. The Morgan fingerprint density at radius 2 is 2.11 bits per heavy atom. The first-order chi connectivity index (χ1) is 8.56. The molecule has 0 aliphatic rings. The highest BCUT2D eigenvalue weighted by Gasteiger charge is 2.13. The van der Waals surface area contributed by atoms with Crippen LogP contribution in [0.1, 0.15) is 19.7 Å². The lowest BCUT2D eigenvalue weighted by Crippen LogP contribution is -2.22. The molecule has 2 aromatic rings. The summed E-state index contributed by atoms with van der Waals surface area (Å²) in [6.07, 6.45) is 0. The quantitative estimate of drug-likeness (QED) is 0.909. The fourth-order valence-electron chi connectivity index (χ4n) is 1.39. The maximum absolute atomic E-state index is 13.5. The molecule has 0 radical (unpaired) electrons. The summed E-state index contributed by atoms with van der Waals surface area (Å²) < 4.78 is 31.2. The fraction of sp³-hybridized carbons (Fsp3) is 0.333. The molecule has 0 saturated heterocycles. The Labute approximate surface area is 103 Å². The Bertz CT molecular complexity index is 540. The summed E-state index contributed by atoms with van der Waals surface area (Å²) in [4.78, 5) is 4.04. The molecule has 0 aliphatic heterocycles. The van der Waals surface area contributed by atoms with Gasteiger partial charge < -0.3 is 9.84 Å². The average Bonchev–Trinajstić information content (AvgIpc) is 2.75. The van der Waals surface area contributed by atoms with E-state index in [1.165, 1.54) is 6.07 Å². The van der Waals surface area contributed by atoms with E-state index in [4.69, 9.17) is 4.52 Å². The zero-order valence-electron chi connectivity index (χ0n) is 10.1. The van der Waals surface area contributed by atoms with Crippen molar-refractivity contribution in [3.05, 3.63) is 35.7 Å². The first kappa shape index (κ1) is 12.6. The second-order valence-corrected chi connectivity index (χ2v) is 4.18. The van der Waals surface area contributed by atoms with Gasteiger partial charge in [0.05, 0.1) is 12.1 Å². The van der Waals surface area contributed by atoms with Gasteiger partial charge in [0.25, 0.3) is 5.89 Å². The van der Waals surface area contributed by atoms with Crippen LogP contribution in [0.3, 0.4) is 0 Å². The maximum Gasteiger partial charge on any atom is 0.260 e. The molecule has 1 aromatic carbocycles. The number of hydrogen-bond donors (Lipinski definition) is 1. The van der Waals surface area contributed by atoms with Crippen LogP contribution < -0.4 is 5.32 Å². The number of halogens is 2. The molecule has 0 atom stereocenters. The van der Waals surface area contributed by atoms with E-state index in [0.29, 0.717) is 12.4 Å². The highest BCUT2D eigenvalue weighted by Crippen LogP contribution is 2.21. The van der Waals surface area contributed by atoms with Crippen LogP contribution in [-0.4, -0.2) is 16.2 Å². The van der Waals surface area contributed by atoms with Crippen LogP contribution in [0, 0.1) is 11.6 Å². The zero-order chi connectivity index (χ0) is 13.1. The van der Waals surface area contributed by atoms with Crippen LogP contribution in [0.2, 0.25) is 0 Å². The lowest BCUT2D eigenvalue weighted by molar-refractivity contribution is 0.415. The highest BCUT2D eigenvalue weighted by atomic mass is 19.1. The third kappa shape index (κ3) is 2.89. The molecule has 1 N–H and O–H groups in total. The molecule has 6 heteroatoms. The van der Waals surface area contributed by atoms with Crippen LogP contribution in [-0.2, 0) is 6.54 Å². The molecule has 1 heterocycles. The van der Waals surface area contributed by atoms with Crippen molar-refractivity contribution in [3.63, 3.8) is 0 Å². The zero-order valence-corrected chi connectivity index (χ0v) is 10.1. The van der Waals surface area contributed by atoms with E-state index in [0.717, 1.165) is 12.1 Å². The van der Waals surface area contributed by atoms with Crippen molar-refractivity contribution >= 4 is 0 Å². The van der Waals surface area contributed by atoms with Gasteiger partial charge in [-0.3, -0.25) is 0 Å². The molecule has 0 unspecified atom stereocenters. The molecule has 96 valence electrons. The maximum atomic E-state index is 13.5. The van der Waals surface area contributed by atoms with Gasteiger partial charge in [-0.1, -0.05) is 19.0 Å². The molecule has 0 saturated carbocycles. The Hall–Kier alpha value is -1.82. The van der Waals surface area contributed by atoms with E-state index in [1.54, 1.807) is 0 Å². The number of benzene rings is 1. The minimum atomic E-state index is -0.720. The smallest absolute Gasteiger partial charge is 0.260 e. The topological polar surface area (TPSA) is 51.0 Å². The Morgan fingerprint density at radius 1 is 1.33 bits per heavy atom. The van der Waals surface area contributed by atoms with Gasteiger partial charge in [-0.05, 0) is 12.1 Å². The van der Waals surface area contributed by atoms with Crippen molar-refractivity contribution in [2.45, 2.75) is 26.4 Å². The molecule has 0 amide bonds. The van der Waals surface area contributed by atoms with E-state index in [1.807, 2.05) is 13.8 Å². The third-order valence-electron chi connectivity index (χ3n) is 2.30. The predicted octanol–water partition coefficient (Wildman–Crippen LogP) is 2.51. The van der Waals surface area contributed by atoms with Crippen LogP contribution >= 0.6 is 0 Å². The lowest BCUT2D eigenvalue weighted by atomic mass is 10.2. The SMILES string of the molecule is CC(C)NCc1noc(-c2ccc(F)cc2F)n1. The number of hydrogen-bond acceptors (Lipinski definition) is 4. The molecule has 0 bridgehead atoms. The van der Waals surface area contributed by atoms with E-state index < -0.39 is 11.6 Å². The largest absolute Gasteiger partial charge is 0.334 e. The van der Waals surface area contributed by atoms with E-state index in [9.17, 15) is 8.78 Å². The molecular weight excluding hydrogens is 240 g/mol. The molecule has 2 rings (SSSR count). The van der Waals surface area contributed by atoms with Crippen molar-refractivity contribution in [2.75, 3.05) is 0 Å². The van der Waals surface area contributed by atoms with Gasteiger partial charge in [0.15, 0.2) is 5.82 Å². The third-order valence-corrected chi connectivity index (χ3v) is 2.30. The number of nitrogens with zero attached hydrogens (tertiary/aromatic N) is 2. The summed E-state index contributed by atoms with van der Waals surface area (Å²) in [6, 6.07) is 3.49. The molecule has 18 heavy (non-hydrogen) atoms. The summed E-state index contributed by atoms with van der Waals surface area (Å²) in [7, 11) is 0. The normalized spacial score (nSPS) is 11.2. The van der Waals surface area contributed by atoms with Gasteiger partial charge in [-0.15, -0.1) is 0 Å². The van der Waals surface area contributed by atoms with E-state index in [2.05, 4.69) is 15.5 Å². The summed E-state index contributed by atoms with van der Waals surface area (Å²) >= 11 is 0. The van der Waals surface area contributed by atoms with Gasteiger partial charge in [0.2, 0.25) is 0 Å². The molecule has 0 spiro atoms. The second-order valence-electron chi connectivity index (χ2n) is 4.18. The summed E-state index contributed by atoms with van der Waals surface area (Å²) in [6.45, 7) is 4.41. The first-order valence-electron chi connectivity index (χ1n) is 5.57. The lowest BCUT2D eigenvalue weighted by Gasteiger charge is -2.03. The van der Waals surface area contributed by atoms with Crippen LogP contribution in [0.15, 0.2) is 22.7 Å². The van der Waals surface area contributed by atoms with Crippen molar-refractivity contribution in [2.24, 2.45) is 0 Å². The Balaban J connectivity index is 2.18. The monoisotopic (exact) mass is 253 g/mol. The van der Waals surface area contributed by atoms with Crippen LogP contribution in [0.4, 0.5) is 8.78 Å². The van der Waals surface area contributed by atoms with Gasteiger partial charge in [0, 0.05) is 12.1 Å². The number of rotatable bonds is 4. The number of nitrogens with one attached hydrogen (secondary N) is 1. The Morgan fingerprint density at radius 3 is 2.78 bits per heavy atom. The molecular formula is C12H13F2N3O. The van der Waals surface area contributed by atoms with Crippen molar-refractivity contribution in [3.8, 4) is 11.5 Å². The minimum Gasteiger partial charge on any atom is -0.334 e. The van der Waals surface area contributed by atoms with Gasteiger partial charge >= 0.3 is 0 Å². The van der Waals surface area contributed by atoms with Crippen molar-refractivity contribution in [1.82, 2.24) is 15.5 Å². The molecule has 0 aliphatic carbocycles. The molecule has 4 nitrogen and oxygen atoms in total. The summed E-state index contributed by atoms with van der Waals surface area (Å²) in [5.74, 6) is -0.880. The van der Waals surface area contributed by atoms with Crippen molar-refractivity contribution < 1.29 is 13.3 Å². The van der Waals surface area contributed by atoms with Crippen LogP contribution in [0.25, 0.3) is 11.5 Å².